The Bertz CT molecular complexity index is 1020. The van der Waals surface area contributed by atoms with Crippen LogP contribution in [-0.4, -0.2) is 22.0 Å². The standard InChI is InChI=1S/C17H11F3N2O4/c1-8-13(16(24)25)10-7-9(4-5-12(10)26-8)15(23)22-11-3-2-6-21-14(11)17(18,19)20/h2-7H,1H3,(H,22,23)(H,24,25). The van der Waals surface area contributed by atoms with Gasteiger partial charge < -0.3 is 14.8 Å². The summed E-state index contributed by atoms with van der Waals surface area (Å²) in [6.45, 7) is 1.47. The summed E-state index contributed by atoms with van der Waals surface area (Å²) in [6.07, 6.45) is -3.76. The average Bonchev–Trinajstić information content (AvgIpc) is 2.89. The van der Waals surface area contributed by atoms with Crippen LogP contribution >= 0.6 is 0 Å². The van der Waals surface area contributed by atoms with Gasteiger partial charge in [0, 0.05) is 17.1 Å². The number of aromatic nitrogens is 1. The first-order valence-electron chi connectivity index (χ1n) is 7.28. The van der Waals surface area contributed by atoms with Crippen molar-refractivity contribution < 1.29 is 32.3 Å². The smallest absolute Gasteiger partial charge is 0.435 e. The number of carbonyl (C=O) groups excluding carboxylic acids is 1. The van der Waals surface area contributed by atoms with Gasteiger partial charge in [0.15, 0.2) is 5.69 Å². The number of nitrogens with zero attached hydrogens (tertiary/aromatic N) is 1. The number of carboxylic acid groups (broad SMARTS) is 1. The summed E-state index contributed by atoms with van der Waals surface area (Å²) in [4.78, 5) is 26.9. The number of rotatable bonds is 3. The van der Waals surface area contributed by atoms with Crippen LogP contribution in [0.25, 0.3) is 11.0 Å². The molecule has 2 heterocycles. The Morgan fingerprint density at radius 1 is 1.23 bits per heavy atom. The minimum Gasteiger partial charge on any atom is -0.478 e. The molecule has 0 aliphatic heterocycles. The molecular weight excluding hydrogens is 353 g/mol. The molecule has 1 aromatic carbocycles. The number of fused-ring (bicyclic) bond motifs is 1. The summed E-state index contributed by atoms with van der Waals surface area (Å²) in [6, 6.07) is 6.31. The summed E-state index contributed by atoms with van der Waals surface area (Å²) in [5.41, 5.74) is -1.58. The van der Waals surface area contributed by atoms with Crippen LogP contribution in [0.4, 0.5) is 18.9 Å². The number of alkyl halides is 3. The molecule has 1 amide bonds. The number of hydrogen-bond donors (Lipinski definition) is 2. The fraction of sp³-hybridized carbons (Fsp3) is 0.118. The van der Waals surface area contributed by atoms with Crippen molar-refractivity contribution in [2.45, 2.75) is 13.1 Å². The molecule has 3 rings (SSSR count). The predicted octanol–water partition coefficient (Wildman–Crippen LogP) is 4.11. The van der Waals surface area contributed by atoms with E-state index in [2.05, 4.69) is 10.3 Å². The van der Waals surface area contributed by atoms with Gasteiger partial charge in [-0.25, -0.2) is 9.78 Å². The van der Waals surface area contributed by atoms with E-state index in [1.54, 1.807) is 0 Å². The van der Waals surface area contributed by atoms with Crippen LogP contribution in [0, 0.1) is 6.92 Å². The zero-order chi connectivity index (χ0) is 19.1. The molecule has 9 heteroatoms. The minimum absolute atomic E-state index is 0.0159. The topological polar surface area (TPSA) is 92.4 Å². The third-order valence-electron chi connectivity index (χ3n) is 3.66. The molecule has 134 valence electrons. The molecule has 0 aliphatic rings. The molecule has 0 fully saturated rings. The fourth-order valence-corrected chi connectivity index (χ4v) is 2.55. The van der Waals surface area contributed by atoms with E-state index in [0.717, 1.165) is 12.3 Å². The maximum absolute atomic E-state index is 13.0. The van der Waals surface area contributed by atoms with E-state index >= 15 is 0 Å². The lowest BCUT2D eigenvalue weighted by Crippen LogP contribution is -2.17. The second kappa shape index (κ2) is 6.17. The van der Waals surface area contributed by atoms with Crippen LogP contribution in [0.15, 0.2) is 40.9 Å². The van der Waals surface area contributed by atoms with E-state index < -0.39 is 29.4 Å². The van der Waals surface area contributed by atoms with Gasteiger partial charge in [-0.3, -0.25) is 4.79 Å². The van der Waals surface area contributed by atoms with Gasteiger partial charge in [0.05, 0.1) is 5.69 Å². The number of hydrogen-bond acceptors (Lipinski definition) is 4. The highest BCUT2D eigenvalue weighted by Gasteiger charge is 2.35. The Labute approximate surface area is 144 Å². The molecular formula is C17H11F3N2O4. The molecule has 26 heavy (non-hydrogen) atoms. The number of furan rings is 1. The zero-order valence-corrected chi connectivity index (χ0v) is 13.2. The number of nitrogens with one attached hydrogen (secondary N) is 1. The van der Waals surface area contributed by atoms with Crippen molar-refractivity contribution in [1.82, 2.24) is 4.98 Å². The third kappa shape index (κ3) is 3.10. The molecule has 0 atom stereocenters. The first kappa shape index (κ1) is 17.5. The molecule has 6 nitrogen and oxygen atoms in total. The van der Waals surface area contributed by atoms with E-state index in [4.69, 9.17) is 4.42 Å². The molecule has 0 saturated heterocycles. The number of anilines is 1. The predicted molar refractivity (Wildman–Crippen MR) is 85.1 cm³/mol. The molecule has 2 N–H and O–H groups in total. The number of pyridine rings is 1. The largest absolute Gasteiger partial charge is 0.478 e. The number of benzene rings is 1. The molecule has 3 aromatic rings. The number of aryl methyl sites for hydroxylation is 1. The lowest BCUT2D eigenvalue weighted by atomic mass is 10.1. The Balaban J connectivity index is 1.99. The summed E-state index contributed by atoms with van der Waals surface area (Å²) >= 11 is 0. The third-order valence-corrected chi connectivity index (χ3v) is 3.66. The van der Waals surface area contributed by atoms with Crippen LogP contribution in [0.1, 0.15) is 32.2 Å². The van der Waals surface area contributed by atoms with Crippen molar-refractivity contribution in [3.63, 3.8) is 0 Å². The van der Waals surface area contributed by atoms with Gasteiger partial charge in [-0.05, 0) is 37.3 Å². The van der Waals surface area contributed by atoms with Crippen LogP contribution in [0.3, 0.4) is 0 Å². The zero-order valence-electron chi connectivity index (χ0n) is 13.2. The summed E-state index contributed by atoms with van der Waals surface area (Å²) in [7, 11) is 0. The van der Waals surface area contributed by atoms with Crippen molar-refractivity contribution in [2.75, 3.05) is 5.32 Å². The number of carbonyl (C=O) groups is 2. The van der Waals surface area contributed by atoms with Crippen LogP contribution in [0.2, 0.25) is 0 Å². The summed E-state index contributed by atoms with van der Waals surface area (Å²) < 4.78 is 44.2. The molecule has 2 aromatic heterocycles. The van der Waals surface area contributed by atoms with Crippen LogP contribution < -0.4 is 5.32 Å². The number of carboxylic acids is 1. The molecule has 0 spiro atoms. The molecule has 0 radical (unpaired) electrons. The van der Waals surface area contributed by atoms with Gasteiger partial charge in [0.1, 0.15) is 16.9 Å². The van der Waals surface area contributed by atoms with E-state index in [0.29, 0.717) is 0 Å². The van der Waals surface area contributed by atoms with E-state index in [1.165, 1.54) is 31.2 Å². The fourth-order valence-electron chi connectivity index (χ4n) is 2.55. The van der Waals surface area contributed by atoms with Gasteiger partial charge >= 0.3 is 12.1 Å². The van der Waals surface area contributed by atoms with Gasteiger partial charge in [-0.1, -0.05) is 0 Å². The first-order chi connectivity index (χ1) is 12.2. The Morgan fingerprint density at radius 2 is 1.96 bits per heavy atom. The lowest BCUT2D eigenvalue weighted by molar-refractivity contribution is -0.140. The number of aromatic carboxylic acids is 1. The van der Waals surface area contributed by atoms with Gasteiger partial charge in [0.2, 0.25) is 0 Å². The second-order valence-electron chi connectivity index (χ2n) is 5.40. The van der Waals surface area contributed by atoms with Crippen molar-refractivity contribution in [3.05, 3.63) is 59.1 Å². The van der Waals surface area contributed by atoms with Crippen LogP contribution in [0.5, 0.6) is 0 Å². The Hall–Kier alpha value is -3.36. The highest BCUT2D eigenvalue weighted by molar-refractivity contribution is 6.09. The number of amides is 1. The quantitative estimate of drug-likeness (QED) is 0.730. The van der Waals surface area contributed by atoms with Gasteiger partial charge in [-0.15, -0.1) is 0 Å². The van der Waals surface area contributed by atoms with Crippen LogP contribution in [-0.2, 0) is 6.18 Å². The minimum atomic E-state index is -4.73. The highest BCUT2D eigenvalue weighted by Crippen LogP contribution is 2.33. The van der Waals surface area contributed by atoms with E-state index in [9.17, 15) is 27.9 Å². The van der Waals surface area contributed by atoms with Crippen molar-refractivity contribution >= 4 is 28.5 Å². The van der Waals surface area contributed by atoms with Gasteiger partial charge in [0.25, 0.3) is 5.91 Å². The Morgan fingerprint density at radius 3 is 2.62 bits per heavy atom. The van der Waals surface area contributed by atoms with Gasteiger partial charge in [-0.2, -0.15) is 13.2 Å². The normalized spacial score (nSPS) is 11.5. The molecule has 0 aliphatic carbocycles. The maximum atomic E-state index is 13.0. The SMILES string of the molecule is Cc1oc2ccc(C(=O)Nc3cccnc3C(F)(F)F)cc2c1C(=O)O. The monoisotopic (exact) mass is 364 g/mol. The van der Waals surface area contributed by atoms with Crippen molar-refractivity contribution in [1.29, 1.82) is 0 Å². The second-order valence-corrected chi connectivity index (χ2v) is 5.40. The molecule has 0 bridgehead atoms. The Kier molecular flexibility index (Phi) is 4.15. The first-order valence-corrected chi connectivity index (χ1v) is 7.28. The van der Waals surface area contributed by atoms with Crippen molar-refractivity contribution in [2.24, 2.45) is 0 Å². The molecule has 0 unspecified atom stereocenters. The summed E-state index contributed by atoms with van der Waals surface area (Å²) in [5.74, 6) is -1.90. The lowest BCUT2D eigenvalue weighted by Gasteiger charge is -2.12. The molecule has 0 saturated carbocycles. The van der Waals surface area contributed by atoms with E-state index in [1.807, 2.05) is 0 Å². The summed E-state index contributed by atoms with van der Waals surface area (Å²) in [5, 5.41) is 11.6. The van der Waals surface area contributed by atoms with Crippen molar-refractivity contribution in [3.8, 4) is 0 Å². The number of halogens is 3. The highest BCUT2D eigenvalue weighted by atomic mass is 19.4. The average molecular weight is 364 g/mol. The van der Waals surface area contributed by atoms with E-state index in [-0.39, 0.29) is 27.9 Å². The maximum Gasteiger partial charge on any atom is 0.435 e.